The van der Waals surface area contributed by atoms with Gasteiger partial charge in [-0.25, -0.2) is 4.79 Å². The highest BCUT2D eigenvalue weighted by Gasteiger charge is 2.51. The molecular formula is C22H38N4O3. The molecule has 3 heterocycles. The molecule has 164 valence electrons. The molecule has 3 aliphatic rings. The number of hydrogen-bond acceptors (Lipinski definition) is 5. The van der Waals surface area contributed by atoms with E-state index < -0.39 is 11.1 Å². The molecule has 0 aliphatic carbocycles. The van der Waals surface area contributed by atoms with Gasteiger partial charge in [-0.3, -0.25) is 19.6 Å². The third-order valence-electron chi connectivity index (χ3n) is 6.21. The number of likely N-dealkylation sites (tertiary alicyclic amines) is 2. The highest BCUT2D eigenvalue weighted by atomic mass is 16.6. The predicted molar refractivity (Wildman–Crippen MR) is 114 cm³/mol. The quantitative estimate of drug-likeness (QED) is 0.722. The molecule has 2 saturated heterocycles. The molecule has 1 spiro atoms. The molecule has 0 aromatic carbocycles. The highest BCUT2D eigenvalue weighted by Crippen LogP contribution is 2.35. The summed E-state index contributed by atoms with van der Waals surface area (Å²) in [7, 11) is 0. The average Bonchev–Trinajstić information content (AvgIpc) is 2.92. The number of amidine groups is 1. The summed E-state index contributed by atoms with van der Waals surface area (Å²) >= 11 is 0. The molecule has 0 aromatic rings. The Hall–Kier alpha value is -1.63. The molecule has 1 atom stereocenters. The molecule has 1 unspecified atom stereocenters. The predicted octanol–water partition coefficient (Wildman–Crippen LogP) is 3.14. The van der Waals surface area contributed by atoms with Crippen LogP contribution in [0.3, 0.4) is 0 Å². The first-order chi connectivity index (χ1) is 13.6. The van der Waals surface area contributed by atoms with Crippen molar-refractivity contribution in [2.45, 2.75) is 84.4 Å². The zero-order chi connectivity index (χ0) is 21.4. The van der Waals surface area contributed by atoms with Crippen molar-refractivity contribution in [3.63, 3.8) is 0 Å². The Morgan fingerprint density at radius 3 is 2.41 bits per heavy atom. The number of carbonyl (C=O) groups is 2. The van der Waals surface area contributed by atoms with E-state index in [1.54, 1.807) is 0 Å². The van der Waals surface area contributed by atoms with Crippen LogP contribution in [0.25, 0.3) is 0 Å². The maximum atomic E-state index is 13.2. The van der Waals surface area contributed by atoms with Crippen LogP contribution in [0.4, 0.5) is 4.79 Å². The lowest BCUT2D eigenvalue weighted by atomic mass is 9.87. The maximum Gasteiger partial charge on any atom is 0.410 e. The van der Waals surface area contributed by atoms with Crippen LogP contribution in [-0.2, 0) is 9.53 Å². The van der Waals surface area contributed by atoms with E-state index in [1.807, 2.05) is 37.5 Å². The van der Waals surface area contributed by atoms with Crippen molar-refractivity contribution < 1.29 is 14.3 Å². The average molecular weight is 407 g/mol. The van der Waals surface area contributed by atoms with E-state index in [4.69, 9.17) is 9.73 Å². The van der Waals surface area contributed by atoms with Gasteiger partial charge in [0.25, 0.3) is 5.91 Å². The Bertz CT molecular complexity index is 661. The number of amides is 2. The van der Waals surface area contributed by atoms with Crippen molar-refractivity contribution in [1.82, 2.24) is 14.7 Å². The minimum Gasteiger partial charge on any atom is -0.444 e. The summed E-state index contributed by atoms with van der Waals surface area (Å²) in [5.41, 5.74) is -1.07. The highest BCUT2D eigenvalue weighted by molar-refractivity contribution is 6.09. The van der Waals surface area contributed by atoms with E-state index in [9.17, 15) is 9.59 Å². The summed E-state index contributed by atoms with van der Waals surface area (Å²) in [5.74, 6) is 1.38. The molecule has 7 heteroatoms. The monoisotopic (exact) mass is 406 g/mol. The summed E-state index contributed by atoms with van der Waals surface area (Å²) < 4.78 is 5.51. The van der Waals surface area contributed by atoms with Gasteiger partial charge >= 0.3 is 6.09 Å². The molecule has 0 bridgehead atoms. The molecule has 0 saturated carbocycles. The van der Waals surface area contributed by atoms with Crippen molar-refractivity contribution in [3.05, 3.63) is 0 Å². The van der Waals surface area contributed by atoms with E-state index in [2.05, 4.69) is 18.7 Å². The fraction of sp³-hybridized carbons (Fsp3) is 0.864. The molecule has 29 heavy (non-hydrogen) atoms. The number of aliphatic imine (C=N–C) groups is 1. The first-order valence-electron chi connectivity index (χ1n) is 11.2. The van der Waals surface area contributed by atoms with Gasteiger partial charge in [0, 0.05) is 38.1 Å². The van der Waals surface area contributed by atoms with Crippen LogP contribution in [-0.4, -0.2) is 82.4 Å². The standard InChI is InChI=1S/C22H38N4O3/c1-7-26-18(16(2)3)23-22(19(26)27)11-8-12-25(15-22)17-9-13-24(14-10-17)20(28)29-21(4,5)6/h16-17H,7-15H2,1-6H3. The number of nitrogens with zero attached hydrogens (tertiary/aromatic N) is 4. The fourth-order valence-electron chi connectivity index (χ4n) is 4.82. The van der Waals surface area contributed by atoms with E-state index >= 15 is 0 Å². The number of carbonyl (C=O) groups excluding carboxylic acids is 2. The first-order valence-corrected chi connectivity index (χ1v) is 11.2. The van der Waals surface area contributed by atoms with E-state index in [0.29, 0.717) is 32.2 Å². The van der Waals surface area contributed by atoms with Crippen molar-refractivity contribution in [2.24, 2.45) is 10.9 Å². The second kappa shape index (κ2) is 8.25. The minimum atomic E-state index is -0.601. The number of piperidine rings is 2. The van der Waals surface area contributed by atoms with Crippen molar-refractivity contribution in [2.75, 3.05) is 32.7 Å². The second-order valence-corrected chi connectivity index (χ2v) is 9.98. The van der Waals surface area contributed by atoms with Gasteiger partial charge in [0.1, 0.15) is 11.4 Å². The lowest BCUT2D eigenvalue weighted by Gasteiger charge is -2.44. The summed E-state index contributed by atoms with van der Waals surface area (Å²) in [6.07, 6.45) is 3.45. The molecule has 0 N–H and O–H groups in total. The minimum absolute atomic E-state index is 0.180. The molecule has 2 amide bonds. The van der Waals surface area contributed by atoms with Crippen LogP contribution in [0.1, 0.15) is 67.2 Å². The van der Waals surface area contributed by atoms with Gasteiger partial charge in [-0.05, 0) is 59.9 Å². The lowest BCUT2D eigenvalue weighted by Crippen LogP contribution is -2.57. The van der Waals surface area contributed by atoms with Crippen LogP contribution in [0, 0.1) is 5.92 Å². The summed E-state index contributed by atoms with van der Waals surface area (Å²) in [5, 5.41) is 0. The summed E-state index contributed by atoms with van der Waals surface area (Å²) in [6, 6.07) is 0.395. The maximum absolute atomic E-state index is 13.2. The third kappa shape index (κ3) is 4.60. The van der Waals surface area contributed by atoms with Crippen molar-refractivity contribution in [1.29, 1.82) is 0 Å². The van der Waals surface area contributed by atoms with Gasteiger partial charge in [-0.15, -0.1) is 0 Å². The molecule has 7 nitrogen and oxygen atoms in total. The zero-order valence-corrected chi connectivity index (χ0v) is 19.0. The molecule has 0 aromatic heterocycles. The zero-order valence-electron chi connectivity index (χ0n) is 19.0. The Labute approximate surface area is 175 Å². The third-order valence-corrected chi connectivity index (χ3v) is 6.21. The Balaban J connectivity index is 1.64. The van der Waals surface area contributed by atoms with Crippen LogP contribution in [0.15, 0.2) is 4.99 Å². The van der Waals surface area contributed by atoms with Crippen LogP contribution in [0.2, 0.25) is 0 Å². The first kappa shape index (κ1) is 22.1. The largest absolute Gasteiger partial charge is 0.444 e. The van der Waals surface area contributed by atoms with Gasteiger partial charge in [-0.2, -0.15) is 0 Å². The SMILES string of the molecule is CCN1C(=O)C2(CCCN(C3CCN(C(=O)OC(C)(C)C)CC3)C2)N=C1C(C)C. The van der Waals surface area contributed by atoms with Gasteiger partial charge in [-0.1, -0.05) is 13.8 Å². The van der Waals surface area contributed by atoms with E-state index in [0.717, 1.165) is 38.1 Å². The van der Waals surface area contributed by atoms with Crippen LogP contribution < -0.4 is 0 Å². The molecular weight excluding hydrogens is 368 g/mol. The van der Waals surface area contributed by atoms with E-state index in [-0.39, 0.29) is 17.9 Å². The number of ether oxygens (including phenoxy) is 1. The van der Waals surface area contributed by atoms with Gasteiger partial charge in [0.2, 0.25) is 0 Å². The molecule has 3 rings (SSSR count). The van der Waals surface area contributed by atoms with Crippen molar-refractivity contribution in [3.8, 4) is 0 Å². The summed E-state index contributed by atoms with van der Waals surface area (Å²) in [4.78, 5) is 36.7. The van der Waals surface area contributed by atoms with Gasteiger partial charge < -0.3 is 9.64 Å². The topological polar surface area (TPSA) is 65.5 Å². The Morgan fingerprint density at radius 1 is 1.24 bits per heavy atom. The number of likely N-dealkylation sites (N-methyl/N-ethyl adjacent to an activating group) is 1. The van der Waals surface area contributed by atoms with Gasteiger partial charge in [0.15, 0.2) is 5.54 Å². The molecule has 3 aliphatic heterocycles. The van der Waals surface area contributed by atoms with E-state index in [1.165, 1.54) is 0 Å². The fourth-order valence-corrected chi connectivity index (χ4v) is 4.82. The summed E-state index contributed by atoms with van der Waals surface area (Å²) in [6.45, 7) is 15.8. The lowest BCUT2D eigenvalue weighted by molar-refractivity contribution is -0.133. The molecule has 0 radical (unpaired) electrons. The van der Waals surface area contributed by atoms with Crippen LogP contribution in [0.5, 0.6) is 0 Å². The second-order valence-electron chi connectivity index (χ2n) is 9.98. The van der Waals surface area contributed by atoms with Crippen molar-refractivity contribution >= 4 is 17.8 Å². The molecule has 2 fully saturated rings. The Morgan fingerprint density at radius 2 is 1.90 bits per heavy atom. The number of rotatable bonds is 3. The van der Waals surface area contributed by atoms with Crippen LogP contribution >= 0.6 is 0 Å². The number of hydrogen-bond donors (Lipinski definition) is 0. The Kier molecular flexibility index (Phi) is 6.27. The normalized spacial score (nSPS) is 27.1. The van der Waals surface area contributed by atoms with Gasteiger partial charge in [0.05, 0.1) is 0 Å². The smallest absolute Gasteiger partial charge is 0.410 e.